The van der Waals surface area contributed by atoms with E-state index in [4.69, 9.17) is 5.26 Å². The van der Waals surface area contributed by atoms with Gasteiger partial charge in [0.15, 0.2) is 0 Å². The number of hydrogen-bond donors (Lipinski definition) is 1. The minimum Gasteiger partial charge on any atom is -0.389 e. The fourth-order valence-electron chi connectivity index (χ4n) is 2.07. The van der Waals surface area contributed by atoms with Gasteiger partial charge in [-0.1, -0.05) is 6.07 Å². The summed E-state index contributed by atoms with van der Waals surface area (Å²) < 4.78 is 14.0. The minimum absolute atomic E-state index is 0.321. The SMILES string of the molecule is C[C@@H](O)c1ccc(N(CCC#N)C2CC2)c(F)c1. The van der Waals surface area contributed by atoms with Crippen molar-refractivity contribution in [2.24, 2.45) is 0 Å². The maximum atomic E-state index is 14.0. The van der Waals surface area contributed by atoms with Gasteiger partial charge in [0.05, 0.1) is 24.3 Å². The van der Waals surface area contributed by atoms with Gasteiger partial charge < -0.3 is 10.0 Å². The van der Waals surface area contributed by atoms with E-state index in [2.05, 4.69) is 6.07 Å². The maximum Gasteiger partial charge on any atom is 0.146 e. The highest BCUT2D eigenvalue weighted by atomic mass is 19.1. The Morgan fingerprint density at radius 1 is 1.56 bits per heavy atom. The van der Waals surface area contributed by atoms with Crippen LogP contribution in [0.3, 0.4) is 0 Å². The molecule has 1 aliphatic carbocycles. The summed E-state index contributed by atoms with van der Waals surface area (Å²) in [7, 11) is 0. The summed E-state index contributed by atoms with van der Waals surface area (Å²) in [6.07, 6.45) is 1.85. The van der Waals surface area contributed by atoms with Crippen LogP contribution in [0, 0.1) is 17.1 Å². The largest absolute Gasteiger partial charge is 0.389 e. The Balaban J connectivity index is 2.22. The standard InChI is InChI=1S/C14H17FN2O/c1-10(18)11-3-6-14(13(15)9-11)17(8-2-7-16)12-4-5-12/h3,6,9-10,12,18H,2,4-5,8H2,1H3/t10-/m1/s1. The average molecular weight is 248 g/mol. The van der Waals surface area contributed by atoms with E-state index < -0.39 is 6.10 Å². The highest BCUT2D eigenvalue weighted by Crippen LogP contribution is 2.34. The summed E-state index contributed by atoms with van der Waals surface area (Å²) in [5.41, 5.74) is 1.12. The van der Waals surface area contributed by atoms with Gasteiger partial charge in [-0.25, -0.2) is 4.39 Å². The van der Waals surface area contributed by atoms with E-state index in [-0.39, 0.29) is 5.82 Å². The molecule has 0 bridgehead atoms. The number of halogens is 1. The van der Waals surface area contributed by atoms with Crippen LogP contribution in [-0.2, 0) is 0 Å². The Kier molecular flexibility index (Phi) is 3.83. The van der Waals surface area contributed by atoms with Crippen LogP contribution in [0.2, 0.25) is 0 Å². The van der Waals surface area contributed by atoms with Crippen LogP contribution in [0.25, 0.3) is 0 Å². The van der Waals surface area contributed by atoms with E-state index >= 15 is 0 Å². The number of nitriles is 1. The van der Waals surface area contributed by atoms with E-state index in [0.717, 1.165) is 12.8 Å². The van der Waals surface area contributed by atoms with E-state index in [1.165, 1.54) is 6.07 Å². The molecule has 0 saturated heterocycles. The first-order valence-electron chi connectivity index (χ1n) is 6.24. The molecule has 0 radical (unpaired) electrons. The van der Waals surface area contributed by atoms with Crippen LogP contribution in [-0.4, -0.2) is 17.7 Å². The number of aliphatic hydroxyl groups is 1. The molecule has 1 aliphatic rings. The van der Waals surface area contributed by atoms with Crippen molar-refractivity contribution in [3.8, 4) is 6.07 Å². The molecular weight excluding hydrogens is 231 g/mol. The molecule has 1 N–H and O–H groups in total. The maximum absolute atomic E-state index is 14.0. The van der Waals surface area contributed by atoms with E-state index in [0.29, 0.717) is 30.3 Å². The highest BCUT2D eigenvalue weighted by molar-refractivity contribution is 5.51. The summed E-state index contributed by atoms with van der Waals surface area (Å²) in [5.74, 6) is -0.321. The van der Waals surface area contributed by atoms with Gasteiger partial charge in [0.1, 0.15) is 5.82 Å². The molecule has 0 spiro atoms. The Hall–Kier alpha value is -1.60. The third-order valence-corrected chi connectivity index (χ3v) is 3.22. The van der Waals surface area contributed by atoms with Crippen molar-refractivity contribution in [2.75, 3.05) is 11.4 Å². The molecule has 0 unspecified atom stereocenters. The second kappa shape index (κ2) is 5.36. The van der Waals surface area contributed by atoms with Crippen molar-refractivity contribution in [3.05, 3.63) is 29.6 Å². The molecule has 1 saturated carbocycles. The molecule has 1 fully saturated rings. The lowest BCUT2D eigenvalue weighted by Crippen LogP contribution is -2.27. The quantitative estimate of drug-likeness (QED) is 0.871. The number of nitrogens with zero attached hydrogens (tertiary/aromatic N) is 2. The molecule has 0 heterocycles. The molecule has 0 amide bonds. The monoisotopic (exact) mass is 248 g/mol. The summed E-state index contributed by atoms with van der Waals surface area (Å²) in [6, 6.07) is 7.28. The molecule has 0 aliphatic heterocycles. The number of benzene rings is 1. The topological polar surface area (TPSA) is 47.3 Å². The number of hydrogen-bond acceptors (Lipinski definition) is 3. The number of anilines is 1. The van der Waals surface area contributed by atoms with Gasteiger partial charge in [-0.05, 0) is 37.5 Å². The lowest BCUT2D eigenvalue weighted by atomic mass is 10.1. The molecule has 0 aromatic heterocycles. The van der Waals surface area contributed by atoms with Gasteiger partial charge in [0.25, 0.3) is 0 Å². The highest BCUT2D eigenvalue weighted by Gasteiger charge is 2.30. The summed E-state index contributed by atoms with van der Waals surface area (Å²) in [4.78, 5) is 1.96. The van der Waals surface area contributed by atoms with Gasteiger partial charge in [0.2, 0.25) is 0 Å². The van der Waals surface area contributed by atoms with Crippen LogP contribution in [0.5, 0.6) is 0 Å². The average Bonchev–Trinajstić information content (AvgIpc) is 3.15. The summed E-state index contributed by atoms with van der Waals surface area (Å²) >= 11 is 0. The van der Waals surface area contributed by atoms with Crippen LogP contribution < -0.4 is 4.90 Å². The number of aliphatic hydroxyl groups excluding tert-OH is 1. The van der Waals surface area contributed by atoms with Crippen LogP contribution in [0.15, 0.2) is 18.2 Å². The predicted molar refractivity (Wildman–Crippen MR) is 67.6 cm³/mol. The molecule has 2 rings (SSSR count). The molecule has 4 heteroatoms. The first-order chi connectivity index (χ1) is 8.63. The Bertz CT molecular complexity index is 463. The lowest BCUT2D eigenvalue weighted by molar-refractivity contribution is 0.199. The Morgan fingerprint density at radius 3 is 2.78 bits per heavy atom. The first kappa shape index (κ1) is 12.8. The summed E-state index contributed by atoms with van der Waals surface area (Å²) in [6.45, 7) is 2.18. The summed E-state index contributed by atoms with van der Waals surface area (Å²) in [5, 5.41) is 18.1. The predicted octanol–water partition coefficient (Wildman–Crippen LogP) is 2.76. The van der Waals surface area contributed by atoms with Gasteiger partial charge in [-0.2, -0.15) is 5.26 Å². The van der Waals surface area contributed by atoms with Crippen molar-refractivity contribution in [1.29, 1.82) is 5.26 Å². The van der Waals surface area contributed by atoms with E-state index in [1.54, 1.807) is 19.1 Å². The second-order valence-corrected chi connectivity index (χ2v) is 4.72. The van der Waals surface area contributed by atoms with Crippen molar-refractivity contribution >= 4 is 5.69 Å². The third-order valence-electron chi connectivity index (χ3n) is 3.22. The van der Waals surface area contributed by atoms with Crippen LogP contribution >= 0.6 is 0 Å². The fourth-order valence-corrected chi connectivity index (χ4v) is 2.07. The first-order valence-corrected chi connectivity index (χ1v) is 6.24. The van der Waals surface area contributed by atoms with Crippen molar-refractivity contribution < 1.29 is 9.50 Å². The normalized spacial score (nSPS) is 16.1. The smallest absolute Gasteiger partial charge is 0.146 e. The van der Waals surface area contributed by atoms with Crippen molar-refractivity contribution in [2.45, 2.75) is 38.3 Å². The van der Waals surface area contributed by atoms with Crippen molar-refractivity contribution in [3.63, 3.8) is 0 Å². The fraction of sp³-hybridized carbons (Fsp3) is 0.500. The van der Waals surface area contributed by atoms with Gasteiger partial charge >= 0.3 is 0 Å². The second-order valence-electron chi connectivity index (χ2n) is 4.72. The van der Waals surface area contributed by atoms with Crippen LogP contribution in [0.1, 0.15) is 37.9 Å². The molecule has 96 valence electrons. The number of rotatable bonds is 5. The lowest BCUT2D eigenvalue weighted by Gasteiger charge is -2.24. The van der Waals surface area contributed by atoms with Gasteiger partial charge in [-0.3, -0.25) is 0 Å². The Morgan fingerprint density at radius 2 is 2.28 bits per heavy atom. The van der Waals surface area contributed by atoms with E-state index in [9.17, 15) is 9.50 Å². The van der Waals surface area contributed by atoms with Crippen LogP contribution in [0.4, 0.5) is 10.1 Å². The van der Waals surface area contributed by atoms with Crippen molar-refractivity contribution in [1.82, 2.24) is 0 Å². The zero-order valence-corrected chi connectivity index (χ0v) is 10.4. The van der Waals surface area contributed by atoms with E-state index in [1.807, 2.05) is 4.90 Å². The van der Waals surface area contributed by atoms with Gasteiger partial charge in [-0.15, -0.1) is 0 Å². The van der Waals surface area contributed by atoms with Gasteiger partial charge in [0, 0.05) is 12.6 Å². The molecule has 18 heavy (non-hydrogen) atoms. The molecule has 3 nitrogen and oxygen atoms in total. The molecular formula is C14H17FN2O. The molecule has 1 atom stereocenters. The zero-order chi connectivity index (χ0) is 13.1. The zero-order valence-electron chi connectivity index (χ0n) is 10.4. The molecule has 1 aromatic carbocycles. The molecule has 1 aromatic rings. The Labute approximate surface area is 106 Å². The minimum atomic E-state index is -0.665. The third kappa shape index (κ3) is 2.80.